The van der Waals surface area contributed by atoms with Crippen molar-refractivity contribution in [3.05, 3.63) is 54.6 Å². The van der Waals surface area contributed by atoms with E-state index >= 15 is 0 Å². The quantitative estimate of drug-likeness (QED) is 0.696. The maximum Gasteiger partial charge on any atom is 0.257 e. The summed E-state index contributed by atoms with van der Waals surface area (Å²) in [4.78, 5) is 12.1. The fraction of sp³-hybridized carbons (Fsp3) is 0.316. The van der Waals surface area contributed by atoms with E-state index in [-0.39, 0.29) is 22.3 Å². The number of ether oxygens (including phenoxy) is 1. The average Bonchev–Trinajstić information content (AvgIpc) is 2.64. The van der Waals surface area contributed by atoms with Crippen LogP contribution in [0.2, 0.25) is 0 Å². The molecule has 0 unspecified atom stereocenters. The van der Waals surface area contributed by atoms with E-state index in [0.717, 1.165) is 19.3 Å². The van der Waals surface area contributed by atoms with E-state index in [1.54, 1.807) is 42.5 Å². The van der Waals surface area contributed by atoms with Gasteiger partial charge in [-0.1, -0.05) is 38.0 Å². The van der Waals surface area contributed by atoms with Crippen LogP contribution in [0, 0.1) is 0 Å². The van der Waals surface area contributed by atoms with Crippen molar-refractivity contribution in [3.8, 4) is 5.75 Å². The molecule has 5 nitrogen and oxygen atoms in total. The van der Waals surface area contributed by atoms with Gasteiger partial charge in [-0.25, -0.2) is 8.42 Å². The number of nitrogens with one attached hydrogen (secondary N) is 1. The van der Waals surface area contributed by atoms with Gasteiger partial charge in [-0.15, -0.1) is 0 Å². The van der Waals surface area contributed by atoms with E-state index in [9.17, 15) is 13.2 Å². The Hall–Kier alpha value is -2.34. The molecule has 0 fully saturated rings. The van der Waals surface area contributed by atoms with Crippen molar-refractivity contribution < 1.29 is 17.9 Å². The standard InChI is InChI=1S/C19H23NO4S/c1-2-3-7-14-20-19(21)15-24-16-10-12-18(13-11-16)25(22,23)17-8-5-4-6-9-17/h4-6,8-13H,2-3,7,14-15H2,1H3,(H,20,21). The fourth-order valence-electron chi connectivity index (χ4n) is 2.25. The molecule has 0 heterocycles. The van der Waals surface area contributed by atoms with Crippen LogP contribution >= 0.6 is 0 Å². The van der Waals surface area contributed by atoms with E-state index in [4.69, 9.17) is 4.74 Å². The van der Waals surface area contributed by atoms with Crippen LogP contribution in [0.25, 0.3) is 0 Å². The number of carbonyl (C=O) groups excluding carboxylic acids is 1. The van der Waals surface area contributed by atoms with Crippen LogP contribution in [0.15, 0.2) is 64.4 Å². The maximum atomic E-state index is 12.5. The van der Waals surface area contributed by atoms with Crippen molar-refractivity contribution in [2.45, 2.75) is 36.0 Å². The number of sulfone groups is 1. The number of hydrogen-bond acceptors (Lipinski definition) is 4. The molecule has 0 radical (unpaired) electrons. The molecular weight excluding hydrogens is 338 g/mol. The number of rotatable bonds is 9. The number of benzene rings is 2. The molecule has 0 saturated carbocycles. The van der Waals surface area contributed by atoms with Crippen molar-refractivity contribution >= 4 is 15.7 Å². The van der Waals surface area contributed by atoms with Crippen molar-refractivity contribution in [2.75, 3.05) is 13.2 Å². The highest BCUT2D eigenvalue weighted by Crippen LogP contribution is 2.22. The molecule has 2 aromatic rings. The maximum absolute atomic E-state index is 12.5. The van der Waals surface area contributed by atoms with Crippen LogP contribution < -0.4 is 10.1 Å². The summed E-state index contributed by atoms with van der Waals surface area (Å²) >= 11 is 0. The predicted molar refractivity (Wildman–Crippen MR) is 96.4 cm³/mol. The normalized spacial score (nSPS) is 11.1. The van der Waals surface area contributed by atoms with Gasteiger partial charge < -0.3 is 10.1 Å². The Balaban J connectivity index is 1.91. The largest absolute Gasteiger partial charge is 0.484 e. The first-order valence-electron chi connectivity index (χ1n) is 8.33. The van der Waals surface area contributed by atoms with Gasteiger partial charge >= 0.3 is 0 Å². The van der Waals surface area contributed by atoms with Gasteiger partial charge in [0.05, 0.1) is 9.79 Å². The number of unbranched alkanes of at least 4 members (excludes halogenated alkanes) is 2. The van der Waals surface area contributed by atoms with Crippen LogP contribution in [-0.2, 0) is 14.6 Å². The third-order valence-electron chi connectivity index (χ3n) is 3.66. The van der Waals surface area contributed by atoms with Gasteiger partial charge in [-0.2, -0.15) is 0 Å². The predicted octanol–water partition coefficient (Wildman–Crippen LogP) is 3.20. The topological polar surface area (TPSA) is 72.5 Å². The van der Waals surface area contributed by atoms with Crippen molar-refractivity contribution in [3.63, 3.8) is 0 Å². The Morgan fingerprint density at radius 2 is 1.60 bits per heavy atom. The molecule has 0 aromatic heterocycles. The second-order valence-electron chi connectivity index (χ2n) is 5.63. The van der Waals surface area contributed by atoms with Gasteiger partial charge in [0.15, 0.2) is 6.61 Å². The Labute approximate surface area is 148 Å². The summed E-state index contributed by atoms with van der Waals surface area (Å²) in [5.41, 5.74) is 0. The highest BCUT2D eigenvalue weighted by Gasteiger charge is 2.17. The highest BCUT2D eigenvalue weighted by atomic mass is 32.2. The zero-order valence-electron chi connectivity index (χ0n) is 14.3. The minimum Gasteiger partial charge on any atom is -0.484 e. The summed E-state index contributed by atoms with van der Waals surface area (Å²) in [6.07, 6.45) is 3.14. The van der Waals surface area contributed by atoms with Crippen LogP contribution in [0.5, 0.6) is 5.75 Å². The second-order valence-corrected chi connectivity index (χ2v) is 7.58. The summed E-state index contributed by atoms with van der Waals surface area (Å²) in [6, 6.07) is 14.3. The Bertz CT molecular complexity index is 771. The fourth-order valence-corrected chi connectivity index (χ4v) is 3.54. The van der Waals surface area contributed by atoms with E-state index in [0.29, 0.717) is 12.3 Å². The zero-order chi connectivity index (χ0) is 18.1. The minimum absolute atomic E-state index is 0.0864. The molecule has 25 heavy (non-hydrogen) atoms. The van der Waals surface area contributed by atoms with E-state index < -0.39 is 9.84 Å². The lowest BCUT2D eigenvalue weighted by atomic mass is 10.2. The number of carbonyl (C=O) groups is 1. The minimum atomic E-state index is -3.54. The smallest absolute Gasteiger partial charge is 0.257 e. The summed E-state index contributed by atoms with van der Waals surface area (Å²) in [6.45, 7) is 2.66. The summed E-state index contributed by atoms with van der Waals surface area (Å²) in [7, 11) is -3.54. The van der Waals surface area contributed by atoms with Crippen molar-refractivity contribution in [1.82, 2.24) is 5.32 Å². The van der Waals surface area contributed by atoms with E-state index in [2.05, 4.69) is 12.2 Å². The summed E-state index contributed by atoms with van der Waals surface area (Å²) in [5, 5.41) is 2.79. The molecule has 0 aliphatic rings. The third kappa shape index (κ3) is 5.60. The van der Waals surface area contributed by atoms with E-state index in [1.807, 2.05) is 0 Å². The van der Waals surface area contributed by atoms with Gasteiger partial charge in [0.1, 0.15) is 5.75 Å². The molecular formula is C19H23NO4S. The molecule has 1 N–H and O–H groups in total. The second kappa shape index (κ2) is 9.22. The van der Waals surface area contributed by atoms with Crippen molar-refractivity contribution in [2.24, 2.45) is 0 Å². The molecule has 0 saturated heterocycles. The first-order chi connectivity index (χ1) is 12.0. The number of amides is 1. The third-order valence-corrected chi connectivity index (χ3v) is 5.45. The van der Waals surface area contributed by atoms with E-state index in [1.165, 1.54) is 12.1 Å². The summed E-state index contributed by atoms with van der Waals surface area (Å²) < 4.78 is 30.3. The van der Waals surface area contributed by atoms with Crippen LogP contribution in [0.1, 0.15) is 26.2 Å². The Morgan fingerprint density at radius 1 is 0.960 bits per heavy atom. The lowest BCUT2D eigenvalue weighted by Gasteiger charge is -2.09. The van der Waals surface area contributed by atoms with Crippen LogP contribution in [0.4, 0.5) is 0 Å². The first kappa shape index (κ1) is 19.0. The molecule has 0 atom stereocenters. The van der Waals surface area contributed by atoms with Gasteiger partial charge in [0.2, 0.25) is 9.84 Å². The molecule has 0 aliphatic heterocycles. The molecule has 0 bridgehead atoms. The molecule has 0 aliphatic carbocycles. The summed E-state index contributed by atoms with van der Waals surface area (Å²) in [5.74, 6) is 0.271. The molecule has 134 valence electrons. The Kier molecular flexibility index (Phi) is 7.01. The lowest BCUT2D eigenvalue weighted by molar-refractivity contribution is -0.123. The van der Waals surface area contributed by atoms with Crippen molar-refractivity contribution in [1.29, 1.82) is 0 Å². The average molecular weight is 361 g/mol. The zero-order valence-corrected chi connectivity index (χ0v) is 15.1. The number of hydrogen-bond donors (Lipinski definition) is 1. The van der Waals surface area contributed by atoms with Gasteiger partial charge in [0, 0.05) is 6.54 Å². The van der Waals surface area contributed by atoms with Crippen LogP contribution in [-0.4, -0.2) is 27.5 Å². The Morgan fingerprint density at radius 3 is 2.24 bits per heavy atom. The van der Waals surface area contributed by atoms with Crippen LogP contribution in [0.3, 0.4) is 0 Å². The molecule has 0 spiro atoms. The SMILES string of the molecule is CCCCCNC(=O)COc1ccc(S(=O)(=O)c2ccccc2)cc1. The lowest BCUT2D eigenvalue weighted by Crippen LogP contribution is -2.29. The highest BCUT2D eigenvalue weighted by molar-refractivity contribution is 7.91. The van der Waals surface area contributed by atoms with Gasteiger partial charge in [-0.05, 0) is 42.8 Å². The molecule has 1 amide bonds. The monoisotopic (exact) mass is 361 g/mol. The molecule has 2 aromatic carbocycles. The van der Waals surface area contributed by atoms with Gasteiger partial charge in [-0.3, -0.25) is 4.79 Å². The van der Waals surface area contributed by atoms with Gasteiger partial charge in [0.25, 0.3) is 5.91 Å². The molecule has 6 heteroatoms. The first-order valence-corrected chi connectivity index (χ1v) is 9.82. The molecule has 2 rings (SSSR count).